The van der Waals surface area contributed by atoms with E-state index in [9.17, 15) is 4.79 Å². The van der Waals surface area contributed by atoms with Gasteiger partial charge in [-0.05, 0) is 33.9 Å². The van der Waals surface area contributed by atoms with Gasteiger partial charge < -0.3 is 0 Å². The fourth-order valence-corrected chi connectivity index (χ4v) is 2.25. The van der Waals surface area contributed by atoms with Crippen LogP contribution in [0.4, 0.5) is 0 Å². The molecule has 0 radical (unpaired) electrons. The highest BCUT2D eigenvalue weighted by atomic mass is 16.1. The molecule has 2 heteroatoms. The smallest absolute Gasteiger partial charge is 0.149 e. The van der Waals surface area contributed by atoms with Crippen LogP contribution in [0.2, 0.25) is 0 Å². The lowest BCUT2D eigenvalue weighted by molar-refractivity contribution is -0.129. The van der Waals surface area contributed by atoms with E-state index in [1.807, 2.05) is 14.1 Å². The topological polar surface area (TPSA) is 20.3 Å². The maximum absolute atomic E-state index is 11.5. The number of rotatable bonds is 2. The zero-order valence-corrected chi connectivity index (χ0v) is 8.39. The summed E-state index contributed by atoms with van der Waals surface area (Å²) >= 11 is 0. The number of Topliss-reactive ketones (excluding diaryl/α,β-unsaturated/α-hetero) is 1. The second-order valence-electron chi connectivity index (χ2n) is 4.04. The lowest BCUT2D eigenvalue weighted by atomic mass is 9.78. The Labute approximate surface area is 74.9 Å². The van der Waals surface area contributed by atoms with Crippen LogP contribution in [0, 0.1) is 0 Å². The first kappa shape index (κ1) is 9.72. The summed E-state index contributed by atoms with van der Waals surface area (Å²) in [5.74, 6) is 0.340. The van der Waals surface area contributed by atoms with Crippen molar-refractivity contribution in [3.63, 3.8) is 0 Å². The van der Waals surface area contributed by atoms with Gasteiger partial charge in [0.2, 0.25) is 0 Å². The van der Waals surface area contributed by atoms with E-state index in [1.54, 1.807) is 6.92 Å². The van der Waals surface area contributed by atoms with Crippen molar-refractivity contribution in [3.8, 4) is 0 Å². The standard InChI is InChI=1S/C10H19NO/c1-9(12)10(11(2)3)7-5-4-6-8-10/h4-8H2,1-3H3. The van der Waals surface area contributed by atoms with Crippen LogP contribution in [0.15, 0.2) is 0 Å². The number of carbonyl (C=O) groups is 1. The number of carbonyl (C=O) groups excluding carboxylic acids is 1. The summed E-state index contributed by atoms with van der Waals surface area (Å²) in [4.78, 5) is 13.6. The quantitative estimate of drug-likeness (QED) is 0.628. The van der Waals surface area contributed by atoms with Crippen molar-refractivity contribution in [2.45, 2.75) is 44.6 Å². The van der Waals surface area contributed by atoms with Crippen LogP contribution in [0.1, 0.15) is 39.0 Å². The molecule has 1 saturated carbocycles. The third-order valence-electron chi connectivity index (χ3n) is 3.19. The van der Waals surface area contributed by atoms with E-state index in [0.717, 1.165) is 12.8 Å². The summed E-state index contributed by atoms with van der Waals surface area (Å²) in [7, 11) is 4.04. The number of nitrogens with zero attached hydrogens (tertiary/aromatic N) is 1. The average molecular weight is 169 g/mol. The molecule has 0 aliphatic heterocycles. The third kappa shape index (κ3) is 1.53. The molecule has 1 fully saturated rings. The van der Waals surface area contributed by atoms with Crippen LogP contribution in [0.3, 0.4) is 0 Å². The zero-order chi connectivity index (χ0) is 9.19. The van der Waals surface area contributed by atoms with Crippen molar-refractivity contribution in [2.75, 3.05) is 14.1 Å². The highest BCUT2D eigenvalue weighted by Gasteiger charge is 2.38. The molecule has 0 unspecified atom stereocenters. The summed E-state index contributed by atoms with van der Waals surface area (Å²) in [6.07, 6.45) is 5.81. The monoisotopic (exact) mass is 169 g/mol. The highest BCUT2D eigenvalue weighted by Crippen LogP contribution is 2.32. The SMILES string of the molecule is CC(=O)C1(N(C)C)CCCCC1. The molecule has 0 N–H and O–H groups in total. The Kier molecular flexibility index (Phi) is 2.89. The minimum Gasteiger partial charge on any atom is -0.298 e. The van der Waals surface area contributed by atoms with Gasteiger partial charge in [0.05, 0.1) is 5.54 Å². The summed E-state index contributed by atoms with van der Waals surface area (Å²) in [5.41, 5.74) is -0.127. The molecular weight excluding hydrogens is 150 g/mol. The van der Waals surface area contributed by atoms with Crippen LogP contribution >= 0.6 is 0 Å². The van der Waals surface area contributed by atoms with Gasteiger partial charge in [-0.25, -0.2) is 0 Å². The van der Waals surface area contributed by atoms with Crippen molar-refractivity contribution in [2.24, 2.45) is 0 Å². The van der Waals surface area contributed by atoms with E-state index in [1.165, 1.54) is 19.3 Å². The minimum atomic E-state index is -0.127. The molecular formula is C10H19NO. The Morgan fingerprint density at radius 1 is 1.17 bits per heavy atom. The van der Waals surface area contributed by atoms with E-state index < -0.39 is 0 Å². The molecule has 70 valence electrons. The summed E-state index contributed by atoms with van der Waals surface area (Å²) < 4.78 is 0. The van der Waals surface area contributed by atoms with E-state index in [2.05, 4.69) is 4.90 Å². The number of hydrogen-bond acceptors (Lipinski definition) is 2. The molecule has 1 aliphatic carbocycles. The van der Waals surface area contributed by atoms with E-state index in [-0.39, 0.29) is 5.54 Å². The molecule has 0 aromatic carbocycles. The molecule has 0 spiro atoms. The largest absolute Gasteiger partial charge is 0.298 e. The Bertz CT molecular complexity index is 169. The molecule has 12 heavy (non-hydrogen) atoms. The number of ketones is 1. The normalized spacial score (nSPS) is 22.7. The molecule has 0 bridgehead atoms. The van der Waals surface area contributed by atoms with E-state index in [0.29, 0.717) is 5.78 Å². The van der Waals surface area contributed by atoms with E-state index in [4.69, 9.17) is 0 Å². The Balaban J connectivity index is 2.77. The maximum atomic E-state index is 11.5. The van der Waals surface area contributed by atoms with Gasteiger partial charge in [-0.15, -0.1) is 0 Å². The van der Waals surface area contributed by atoms with Crippen molar-refractivity contribution in [3.05, 3.63) is 0 Å². The first-order valence-electron chi connectivity index (χ1n) is 4.78. The third-order valence-corrected chi connectivity index (χ3v) is 3.19. The lowest BCUT2D eigenvalue weighted by Gasteiger charge is -2.40. The predicted molar refractivity (Wildman–Crippen MR) is 50.2 cm³/mol. The van der Waals surface area contributed by atoms with Crippen LogP contribution in [-0.4, -0.2) is 30.3 Å². The molecule has 0 heterocycles. The first-order valence-corrected chi connectivity index (χ1v) is 4.78. The maximum Gasteiger partial charge on any atom is 0.149 e. The molecule has 0 amide bonds. The predicted octanol–water partition coefficient (Wildman–Crippen LogP) is 1.84. The van der Waals surface area contributed by atoms with Gasteiger partial charge >= 0.3 is 0 Å². The molecule has 0 aromatic heterocycles. The van der Waals surface area contributed by atoms with Gasteiger partial charge in [-0.3, -0.25) is 9.69 Å². The Morgan fingerprint density at radius 2 is 1.67 bits per heavy atom. The van der Waals surface area contributed by atoms with Crippen LogP contribution in [-0.2, 0) is 4.79 Å². The summed E-state index contributed by atoms with van der Waals surface area (Å²) in [6.45, 7) is 1.73. The number of likely N-dealkylation sites (N-methyl/N-ethyl adjacent to an activating group) is 1. The van der Waals surface area contributed by atoms with Crippen molar-refractivity contribution < 1.29 is 4.79 Å². The van der Waals surface area contributed by atoms with E-state index >= 15 is 0 Å². The fraction of sp³-hybridized carbons (Fsp3) is 0.900. The molecule has 1 aliphatic rings. The fourth-order valence-electron chi connectivity index (χ4n) is 2.25. The van der Waals surface area contributed by atoms with Crippen LogP contribution in [0.5, 0.6) is 0 Å². The van der Waals surface area contributed by atoms with Gasteiger partial charge in [0.25, 0.3) is 0 Å². The highest BCUT2D eigenvalue weighted by molar-refractivity contribution is 5.86. The van der Waals surface area contributed by atoms with Crippen molar-refractivity contribution >= 4 is 5.78 Å². The Hall–Kier alpha value is -0.370. The van der Waals surface area contributed by atoms with Gasteiger partial charge in [-0.1, -0.05) is 19.3 Å². The van der Waals surface area contributed by atoms with Gasteiger partial charge in [0.1, 0.15) is 5.78 Å². The zero-order valence-electron chi connectivity index (χ0n) is 8.39. The molecule has 1 rings (SSSR count). The average Bonchev–Trinajstić information content (AvgIpc) is 2.05. The first-order chi connectivity index (χ1) is 5.59. The molecule has 2 nitrogen and oxygen atoms in total. The minimum absolute atomic E-state index is 0.127. The van der Waals surface area contributed by atoms with Gasteiger partial charge in [0, 0.05) is 0 Å². The number of hydrogen-bond donors (Lipinski definition) is 0. The summed E-state index contributed by atoms with van der Waals surface area (Å²) in [5, 5.41) is 0. The van der Waals surface area contributed by atoms with Crippen molar-refractivity contribution in [1.82, 2.24) is 4.90 Å². The molecule has 0 saturated heterocycles. The second kappa shape index (κ2) is 3.56. The van der Waals surface area contributed by atoms with Crippen LogP contribution < -0.4 is 0 Å². The van der Waals surface area contributed by atoms with Gasteiger partial charge in [-0.2, -0.15) is 0 Å². The molecule has 0 aromatic rings. The van der Waals surface area contributed by atoms with Crippen LogP contribution in [0.25, 0.3) is 0 Å². The van der Waals surface area contributed by atoms with Crippen molar-refractivity contribution in [1.29, 1.82) is 0 Å². The summed E-state index contributed by atoms with van der Waals surface area (Å²) in [6, 6.07) is 0. The van der Waals surface area contributed by atoms with Gasteiger partial charge in [0.15, 0.2) is 0 Å². The second-order valence-corrected chi connectivity index (χ2v) is 4.04. The molecule has 0 atom stereocenters. The Morgan fingerprint density at radius 3 is 1.92 bits per heavy atom. The lowest BCUT2D eigenvalue weighted by Crippen LogP contribution is -2.51.